The van der Waals surface area contributed by atoms with Crippen LogP contribution in [0.2, 0.25) is 0 Å². The fraction of sp³-hybridized carbons (Fsp3) is 0.167. The normalized spacial score (nSPS) is 23.7. The van der Waals surface area contributed by atoms with Gasteiger partial charge in [0.05, 0.1) is 23.0 Å². The van der Waals surface area contributed by atoms with Gasteiger partial charge in [0.1, 0.15) is 5.75 Å². The van der Waals surface area contributed by atoms with Gasteiger partial charge < -0.3 is 9.64 Å². The number of likely N-dealkylation sites (N-methyl/N-ethyl adjacent to an activating group) is 1. The monoisotopic (exact) mass is 459 g/mol. The van der Waals surface area contributed by atoms with Gasteiger partial charge in [-0.1, -0.05) is 64.5 Å². The smallest absolute Gasteiger partial charge is 0.306 e. The molecular weight excluding hydrogens is 442 g/mol. The number of carbonyl (C=O) groups excluding carboxylic acids is 1. The number of anilines is 1. The van der Waals surface area contributed by atoms with Crippen LogP contribution in [0, 0.1) is 0 Å². The summed E-state index contributed by atoms with van der Waals surface area (Å²) in [5, 5.41) is 6.88. The third-order valence-corrected chi connectivity index (χ3v) is 6.70. The number of para-hydroxylation sites is 2. The molecule has 1 spiro atoms. The van der Waals surface area contributed by atoms with Crippen molar-refractivity contribution in [3.8, 4) is 5.75 Å². The molecule has 3 aliphatic rings. The lowest BCUT2D eigenvalue weighted by molar-refractivity contribution is -0.163. The summed E-state index contributed by atoms with van der Waals surface area (Å²) in [5.74, 6) is 0.619. The van der Waals surface area contributed by atoms with Gasteiger partial charge in [-0.05, 0) is 29.8 Å². The number of hydrazone groups is 1. The van der Waals surface area contributed by atoms with Crippen LogP contribution in [0.3, 0.4) is 0 Å². The molecule has 3 aliphatic heterocycles. The average Bonchev–Trinajstić information content (AvgIpc) is 3.31. The van der Waals surface area contributed by atoms with Crippen molar-refractivity contribution in [1.29, 1.82) is 0 Å². The van der Waals surface area contributed by atoms with Crippen molar-refractivity contribution in [1.82, 2.24) is 5.01 Å². The fourth-order valence-electron chi connectivity index (χ4n) is 4.74. The van der Waals surface area contributed by atoms with Gasteiger partial charge in [0.25, 0.3) is 5.91 Å². The van der Waals surface area contributed by atoms with E-state index in [9.17, 15) is 4.79 Å². The zero-order chi connectivity index (χ0) is 20.5. The molecule has 3 aromatic carbocycles. The van der Waals surface area contributed by atoms with E-state index in [1.165, 1.54) is 0 Å². The van der Waals surface area contributed by atoms with Crippen LogP contribution >= 0.6 is 15.9 Å². The summed E-state index contributed by atoms with van der Waals surface area (Å²) >= 11 is 3.50. The molecule has 3 aromatic rings. The maximum Gasteiger partial charge on any atom is 0.306 e. The SMILES string of the molecule is CN1C(=O)[C@@]2(Oc3ccccc3[C@H]3CC(c4ccc(Br)cc4)=NN32)c2ccccc21. The van der Waals surface area contributed by atoms with Crippen LogP contribution in [0.5, 0.6) is 5.75 Å². The molecule has 0 aromatic heterocycles. The van der Waals surface area contributed by atoms with Crippen molar-refractivity contribution in [3.63, 3.8) is 0 Å². The molecule has 30 heavy (non-hydrogen) atoms. The molecule has 0 unspecified atom stereocenters. The lowest BCUT2D eigenvalue weighted by atomic mass is 9.92. The van der Waals surface area contributed by atoms with E-state index < -0.39 is 5.72 Å². The average molecular weight is 460 g/mol. The summed E-state index contributed by atoms with van der Waals surface area (Å²) in [6.07, 6.45) is 0.711. The highest BCUT2D eigenvalue weighted by atomic mass is 79.9. The van der Waals surface area contributed by atoms with Gasteiger partial charge in [0, 0.05) is 23.5 Å². The van der Waals surface area contributed by atoms with Gasteiger partial charge in [0.15, 0.2) is 0 Å². The number of ether oxygens (including phenoxy) is 1. The van der Waals surface area contributed by atoms with Gasteiger partial charge in [-0.3, -0.25) is 4.79 Å². The Bertz CT molecular complexity index is 1220. The lowest BCUT2D eigenvalue weighted by Gasteiger charge is -2.44. The van der Waals surface area contributed by atoms with Crippen LogP contribution in [0.25, 0.3) is 0 Å². The molecule has 5 nitrogen and oxygen atoms in total. The Morgan fingerprint density at radius 1 is 1.03 bits per heavy atom. The van der Waals surface area contributed by atoms with Crippen molar-refractivity contribution in [2.45, 2.75) is 18.2 Å². The van der Waals surface area contributed by atoms with Gasteiger partial charge in [0.2, 0.25) is 0 Å². The molecule has 0 fully saturated rings. The molecule has 6 heteroatoms. The number of hydrogen-bond donors (Lipinski definition) is 0. The second kappa shape index (κ2) is 6.19. The minimum Gasteiger partial charge on any atom is -0.453 e. The second-order valence-corrected chi connectivity index (χ2v) is 8.70. The minimum absolute atomic E-state index is 0.0721. The molecule has 2 atom stereocenters. The Kier molecular flexibility index (Phi) is 3.65. The number of benzene rings is 3. The molecule has 0 bridgehead atoms. The Labute approximate surface area is 182 Å². The highest BCUT2D eigenvalue weighted by molar-refractivity contribution is 9.10. The van der Waals surface area contributed by atoms with E-state index in [0.717, 1.165) is 38.3 Å². The largest absolute Gasteiger partial charge is 0.453 e. The summed E-state index contributed by atoms with van der Waals surface area (Å²) in [4.78, 5) is 15.3. The number of halogens is 1. The lowest BCUT2D eigenvalue weighted by Crippen LogP contribution is -2.56. The predicted octanol–water partition coefficient (Wildman–Crippen LogP) is 4.82. The first kappa shape index (κ1) is 17.7. The number of hydrogen-bond acceptors (Lipinski definition) is 4. The topological polar surface area (TPSA) is 45.1 Å². The van der Waals surface area contributed by atoms with Gasteiger partial charge in [-0.2, -0.15) is 5.10 Å². The summed E-state index contributed by atoms with van der Waals surface area (Å²) in [6, 6.07) is 23.8. The number of amides is 1. The Balaban J connectivity index is 1.58. The molecule has 6 rings (SSSR count). The van der Waals surface area contributed by atoms with Crippen molar-refractivity contribution in [2.24, 2.45) is 5.10 Å². The highest BCUT2D eigenvalue weighted by Gasteiger charge is 2.62. The van der Waals surface area contributed by atoms with Gasteiger partial charge in [-0.25, -0.2) is 5.01 Å². The fourth-order valence-corrected chi connectivity index (χ4v) is 5.00. The number of rotatable bonds is 1. The summed E-state index contributed by atoms with van der Waals surface area (Å²) < 4.78 is 7.55. The molecule has 148 valence electrons. The Morgan fingerprint density at radius 2 is 1.77 bits per heavy atom. The quantitative estimate of drug-likeness (QED) is 0.523. The number of fused-ring (bicyclic) bond motifs is 6. The first-order valence-corrected chi connectivity index (χ1v) is 10.7. The van der Waals surface area contributed by atoms with Crippen molar-refractivity contribution in [3.05, 3.63) is 94.0 Å². The van der Waals surface area contributed by atoms with Crippen LogP contribution in [-0.4, -0.2) is 23.7 Å². The Morgan fingerprint density at radius 3 is 2.60 bits per heavy atom. The van der Waals surface area contributed by atoms with Gasteiger partial charge >= 0.3 is 5.72 Å². The van der Waals surface area contributed by atoms with E-state index in [0.29, 0.717) is 6.42 Å². The number of carbonyl (C=O) groups is 1. The van der Waals surface area contributed by atoms with Crippen LogP contribution in [0.1, 0.15) is 29.2 Å². The maximum absolute atomic E-state index is 13.7. The van der Waals surface area contributed by atoms with E-state index >= 15 is 0 Å². The first-order chi connectivity index (χ1) is 14.6. The third kappa shape index (κ3) is 2.22. The van der Waals surface area contributed by atoms with Crippen molar-refractivity contribution >= 4 is 33.2 Å². The highest BCUT2D eigenvalue weighted by Crippen LogP contribution is 2.55. The standard InChI is InChI=1S/C24H18BrN3O2/c1-27-20-8-4-3-7-18(20)24(23(27)29)28-21(17-6-2-5-9-22(17)30-24)14-19(26-28)15-10-12-16(25)13-11-15/h2-13,21H,14H2,1H3/t21-,24+/m1/s1. The van der Waals surface area contributed by atoms with E-state index in [-0.39, 0.29) is 11.9 Å². The summed E-state index contributed by atoms with van der Waals surface area (Å²) in [5.41, 5.74) is 3.45. The molecule has 0 saturated heterocycles. The third-order valence-electron chi connectivity index (χ3n) is 6.17. The van der Waals surface area contributed by atoms with E-state index in [1.54, 1.807) is 11.9 Å². The molecule has 1 amide bonds. The molecule has 0 saturated carbocycles. The van der Waals surface area contributed by atoms with Crippen LogP contribution in [0.4, 0.5) is 5.69 Å². The van der Waals surface area contributed by atoms with Crippen LogP contribution in [0.15, 0.2) is 82.4 Å². The minimum atomic E-state index is -1.29. The summed E-state index contributed by atoms with van der Waals surface area (Å²) in [6.45, 7) is 0. The molecular formula is C24H18BrN3O2. The van der Waals surface area contributed by atoms with Crippen molar-refractivity contribution in [2.75, 3.05) is 11.9 Å². The maximum atomic E-state index is 13.7. The van der Waals surface area contributed by atoms with E-state index in [1.807, 2.05) is 59.6 Å². The van der Waals surface area contributed by atoms with E-state index in [4.69, 9.17) is 9.84 Å². The van der Waals surface area contributed by atoms with Crippen LogP contribution < -0.4 is 9.64 Å². The van der Waals surface area contributed by atoms with E-state index in [2.05, 4.69) is 34.1 Å². The predicted molar refractivity (Wildman–Crippen MR) is 118 cm³/mol. The second-order valence-electron chi connectivity index (χ2n) is 7.78. The van der Waals surface area contributed by atoms with Gasteiger partial charge in [-0.15, -0.1) is 0 Å². The van der Waals surface area contributed by atoms with Crippen molar-refractivity contribution < 1.29 is 9.53 Å². The number of nitrogens with zero attached hydrogens (tertiary/aromatic N) is 3. The first-order valence-electron chi connectivity index (χ1n) is 9.88. The molecule has 0 N–H and O–H groups in total. The zero-order valence-electron chi connectivity index (χ0n) is 16.2. The molecule has 3 heterocycles. The molecule has 0 aliphatic carbocycles. The van der Waals surface area contributed by atoms with Crippen LogP contribution in [-0.2, 0) is 10.5 Å². The summed E-state index contributed by atoms with van der Waals surface area (Å²) in [7, 11) is 1.80. The zero-order valence-corrected chi connectivity index (χ0v) is 17.8. The Hall–Kier alpha value is -3.12. The molecule has 0 radical (unpaired) electrons.